The fourth-order valence-corrected chi connectivity index (χ4v) is 3.31. The molecule has 3 rings (SSSR count). The molecule has 7 nitrogen and oxygen atoms in total. The van der Waals surface area contributed by atoms with Crippen LogP contribution in [0, 0.1) is 6.92 Å². The van der Waals surface area contributed by atoms with Crippen LogP contribution in [-0.2, 0) is 16.1 Å². The molecule has 0 saturated carbocycles. The van der Waals surface area contributed by atoms with Crippen LogP contribution < -0.4 is 0 Å². The zero-order chi connectivity index (χ0) is 22.5. The number of unbranched alkanes of at least 4 members (excludes halogenated alkanes) is 1. The number of esters is 1. The van der Waals surface area contributed by atoms with Crippen LogP contribution in [-0.4, -0.2) is 53.7 Å². The van der Waals surface area contributed by atoms with Crippen LogP contribution in [0.2, 0.25) is 0 Å². The fraction of sp³-hybridized carbons (Fsp3) is 0.333. The third-order valence-corrected chi connectivity index (χ3v) is 5.23. The maximum Gasteiger partial charge on any atom is 0.338 e. The topological polar surface area (TPSA) is 84.0 Å². The van der Waals surface area contributed by atoms with Gasteiger partial charge in [-0.1, -0.05) is 43.2 Å². The van der Waals surface area contributed by atoms with Crippen LogP contribution in [0.3, 0.4) is 0 Å². The third-order valence-electron chi connectivity index (χ3n) is 5.23. The molecule has 3 amide bonds. The lowest BCUT2D eigenvalue weighted by Gasteiger charge is -2.17. The third kappa shape index (κ3) is 4.99. The Morgan fingerprint density at radius 1 is 1.00 bits per heavy atom. The minimum atomic E-state index is -0.716. The second kappa shape index (κ2) is 9.55. The highest BCUT2D eigenvalue weighted by atomic mass is 16.5. The van der Waals surface area contributed by atoms with Crippen molar-refractivity contribution in [2.75, 3.05) is 20.2 Å². The summed E-state index contributed by atoms with van der Waals surface area (Å²) >= 11 is 0. The van der Waals surface area contributed by atoms with Crippen LogP contribution in [0.4, 0.5) is 0 Å². The zero-order valence-corrected chi connectivity index (χ0v) is 18.0. The summed E-state index contributed by atoms with van der Waals surface area (Å²) in [6.45, 7) is 4.31. The molecule has 0 saturated heterocycles. The van der Waals surface area contributed by atoms with Crippen molar-refractivity contribution in [1.82, 2.24) is 9.80 Å². The number of hydrogen-bond donors (Lipinski definition) is 0. The van der Waals surface area contributed by atoms with Gasteiger partial charge in [-0.25, -0.2) is 4.79 Å². The normalized spacial score (nSPS) is 12.7. The molecule has 0 aromatic heterocycles. The molecule has 0 radical (unpaired) electrons. The van der Waals surface area contributed by atoms with Gasteiger partial charge >= 0.3 is 5.97 Å². The summed E-state index contributed by atoms with van der Waals surface area (Å²) in [5, 5.41) is 0. The number of nitrogens with zero attached hydrogens (tertiary/aromatic N) is 2. The first-order chi connectivity index (χ1) is 14.8. The highest BCUT2D eigenvalue weighted by Crippen LogP contribution is 2.24. The van der Waals surface area contributed by atoms with Crippen molar-refractivity contribution in [2.24, 2.45) is 0 Å². The van der Waals surface area contributed by atoms with Gasteiger partial charge < -0.3 is 9.64 Å². The van der Waals surface area contributed by atoms with Gasteiger partial charge in [-0.2, -0.15) is 0 Å². The molecular formula is C24H26N2O5. The van der Waals surface area contributed by atoms with Gasteiger partial charge in [0.05, 0.1) is 16.7 Å². The van der Waals surface area contributed by atoms with E-state index in [1.54, 1.807) is 7.05 Å². The molecular weight excluding hydrogens is 396 g/mol. The predicted molar refractivity (Wildman–Crippen MR) is 115 cm³/mol. The van der Waals surface area contributed by atoms with Crippen molar-refractivity contribution < 1.29 is 23.9 Å². The molecule has 1 aliphatic heterocycles. The first-order valence-electron chi connectivity index (χ1n) is 10.3. The highest BCUT2D eigenvalue weighted by molar-refractivity contribution is 6.22. The molecule has 7 heteroatoms. The number of ether oxygens (including phenoxy) is 1. The van der Waals surface area contributed by atoms with Gasteiger partial charge in [0.15, 0.2) is 6.61 Å². The van der Waals surface area contributed by atoms with Crippen LogP contribution in [0.5, 0.6) is 0 Å². The van der Waals surface area contributed by atoms with Crippen molar-refractivity contribution in [2.45, 2.75) is 33.2 Å². The SMILES string of the molecule is CCCCN1C(=O)c2ccc(C(=O)OCC(=O)N(C)Cc3ccc(C)cc3)cc2C1=O. The van der Waals surface area contributed by atoms with E-state index in [4.69, 9.17) is 4.74 Å². The van der Waals surface area contributed by atoms with Crippen LogP contribution in [0.1, 0.15) is 62.0 Å². The second-order valence-electron chi connectivity index (χ2n) is 7.69. The number of rotatable bonds is 8. The Kier molecular flexibility index (Phi) is 6.84. The molecule has 0 N–H and O–H groups in total. The van der Waals surface area contributed by atoms with E-state index >= 15 is 0 Å². The Labute approximate surface area is 181 Å². The Hall–Kier alpha value is -3.48. The first kappa shape index (κ1) is 22.2. The molecule has 0 atom stereocenters. The molecule has 0 aliphatic carbocycles. The number of amides is 3. The molecule has 1 heterocycles. The molecule has 2 aromatic carbocycles. The van der Waals surface area contributed by atoms with E-state index in [1.807, 2.05) is 38.1 Å². The molecule has 0 spiro atoms. The number of hydrogen-bond acceptors (Lipinski definition) is 5. The Balaban J connectivity index is 1.59. The smallest absolute Gasteiger partial charge is 0.338 e. The minimum Gasteiger partial charge on any atom is -0.452 e. The van der Waals surface area contributed by atoms with E-state index < -0.39 is 18.5 Å². The average molecular weight is 422 g/mol. The summed E-state index contributed by atoms with van der Waals surface area (Å²) in [5.41, 5.74) is 2.72. The van der Waals surface area contributed by atoms with Crippen LogP contribution in [0.25, 0.3) is 0 Å². The van der Waals surface area contributed by atoms with Gasteiger partial charge in [0.25, 0.3) is 17.7 Å². The maximum absolute atomic E-state index is 12.5. The lowest BCUT2D eigenvalue weighted by Crippen LogP contribution is -2.31. The number of benzene rings is 2. The molecule has 0 bridgehead atoms. The molecule has 2 aromatic rings. The summed E-state index contributed by atoms with van der Waals surface area (Å²) in [7, 11) is 1.64. The summed E-state index contributed by atoms with van der Waals surface area (Å²) in [6, 6.07) is 12.1. The number of aryl methyl sites for hydroxylation is 1. The molecule has 31 heavy (non-hydrogen) atoms. The number of carbonyl (C=O) groups is 4. The summed E-state index contributed by atoms with van der Waals surface area (Å²) in [5.74, 6) is -1.81. The van der Waals surface area contributed by atoms with Crippen molar-refractivity contribution in [3.05, 3.63) is 70.3 Å². The number of likely N-dealkylation sites (N-methyl/N-ethyl adjacent to an activating group) is 1. The number of carbonyl (C=O) groups excluding carboxylic acids is 4. The van der Waals surface area contributed by atoms with E-state index in [-0.39, 0.29) is 28.5 Å². The van der Waals surface area contributed by atoms with E-state index in [0.29, 0.717) is 13.1 Å². The van der Waals surface area contributed by atoms with Crippen molar-refractivity contribution in [3.63, 3.8) is 0 Å². The van der Waals surface area contributed by atoms with Crippen LogP contribution >= 0.6 is 0 Å². The second-order valence-corrected chi connectivity index (χ2v) is 7.69. The van der Waals surface area contributed by atoms with Gasteiger partial charge in [-0.05, 0) is 37.1 Å². The van der Waals surface area contributed by atoms with E-state index in [0.717, 1.165) is 24.0 Å². The van der Waals surface area contributed by atoms with E-state index in [1.165, 1.54) is 28.0 Å². The Morgan fingerprint density at radius 3 is 2.35 bits per heavy atom. The van der Waals surface area contributed by atoms with Gasteiger partial charge in [0, 0.05) is 20.1 Å². The fourth-order valence-electron chi connectivity index (χ4n) is 3.31. The molecule has 0 unspecified atom stereocenters. The Bertz CT molecular complexity index is 1010. The van der Waals surface area contributed by atoms with Crippen LogP contribution in [0.15, 0.2) is 42.5 Å². The van der Waals surface area contributed by atoms with Gasteiger partial charge in [0.2, 0.25) is 0 Å². The van der Waals surface area contributed by atoms with Crippen molar-refractivity contribution >= 4 is 23.7 Å². The van der Waals surface area contributed by atoms with Gasteiger partial charge in [-0.3, -0.25) is 19.3 Å². The molecule has 0 fully saturated rings. The quantitative estimate of drug-likeness (QED) is 0.482. The van der Waals surface area contributed by atoms with E-state index in [9.17, 15) is 19.2 Å². The summed E-state index contributed by atoms with van der Waals surface area (Å²) in [6.07, 6.45) is 1.58. The monoisotopic (exact) mass is 422 g/mol. The van der Waals surface area contributed by atoms with E-state index in [2.05, 4.69) is 0 Å². The Morgan fingerprint density at radius 2 is 1.68 bits per heavy atom. The van der Waals surface area contributed by atoms with Crippen molar-refractivity contribution in [1.29, 1.82) is 0 Å². The molecule has 1 aliphatic rings. The van der Waals surface area contributed by atoms with Gasteiger partial charge in [-0.15, -0.1) is 0 Å². The lowest BCUT2D eigenvalue weighted by atomic mass is 10.1. The van der Waals surface area contributed by atoms with Gasteiger partial charge in [0.1, 0.15) is 0 Å². The largest absolute Gasteiger partial charge is 0.452 e. The van der Waals surface area contributed by atoms with Crippen molar-refractivity contribution in [3.8, 4) is 0 Å². The predicted octanol–water partition coefficient (Wildman–Crippen LogP) is 3.21. The number of fused-ring (bicyclic) bond motifs is 1. The lowest BCUT2D eigenvalue weighted by molar-refractivity contribution is -0.133. The maximum atomic E-state index is 12.5. The molecule has 162 valence electrons. The summed E-state index contributed by atoms with van der Waals surface area (Å²) < 4.78 is 5.14. The first-order valence-corrected chi connectivity index (χ1v) is 10.3. The average Bonchev–Trinajstić information content (AvgIpc) is 3.01. The number of imide groups is 1. The summed E-state index contributed by atoms with van der Waals surface area (Å²) in [4.78, 5) is 52.3. The minimum absolute atomic E-state index is 0.131. The zero-order valence-electron chi connectivity index (χ0n) is 18.0. The highest BCUT2D eigenvalue weighted by Gasteiger charge is 2.35. The standard InChI is InChI=1S/C24H26N2O5/c1-4-5-12-26-22(28)19-11-10-18(13-20(19)23(26)29)24(30)31-15-21(27)25(3)14-17-8-6-16(2)7-9-17/h6-11,13H,4-5,12,14-15H2,1-3H3.